The summed E-state index contributed by atoms with van der Waals surface area (Å²) in [6.45, 7) is 1.04. The Morgan fingerprint density at radius 1 is 0.938 bits per heavy atom. The zero-order valence-electron chi connectivity index (χ0n) is 17.7. The summed E-state index contributed by atoms with van der Waals surface area (Å²) in [6.07, 6.45) is 11.7. The topological polar surface area (TPSA) is 46.4 Å². The van der Waals surface area contributed by atoms with Crippen molar-refractivity contribution < 1.29 is 4.92 Å². The maximum Gasteiger partial charge on any atom is 0.269 e. The molecular formula is C28H24N2O2. The highest BCUT2D eigenvalue weighted by atomic mass is 16.6. The molecule has 4 heteroatoms. The second-order valence-electron chi connectivity index (χ2n) is 9.70. The molecule has 0 fully saturated rings. The molecular weight excluding hydrogens is 396 g/mol. The minimum absolute atomic E-state index is 0.163. The lowest BCUT2D eigenvalue weighted by molar-refractivity contribution is -0.384. The average Bonchev–Trinajstić information content (AvgIpc) is 3.49. The van der Waals surface area contributed by atoms with Gasteiger partial charge in [-0.15, -0.1) is 0 Å². The van der Waals surface area contributed by atoms with Crippen LogP contribution in [0.3, 0.4) is 0 Å². The second kappa shape index (κ2) is 6.55. The summed E-state index contributed by atoms with van der Waals surface area (Å²) in [4.78, 5) is 13.6. The Morgan fingerprint density at radius 2 is 1.72 bits per heavy atom. The molecule has 2 aliphatic heterocycles. The van der Waals surface area contributed by atoms with Crippen LogP contribution in [0.15, 0.2) is 78.9 Å². The molecule has 3 aromatic carbocycles. The summed E-state index contributed by atoms with van der Waals surface area (Å²) < 4.78 is 0. The molecule has 4 aliphatic rings. The third-order valence-corrected chi connectivity index (χ3v) is 8.19. The third-order valence-electron chi connectivity index (χ3n) is 8.19. The maximum atomic E-state index is 11.2. The number of allylic oxidation sites excluding steroid dienone is 4. The Hall–Kier alpha value is -3.40. The Labute approximate surface area is 187 Å². The Morgan fingerprint density at radius 3 is 2.56 bits per heavy atom. The largest absolute Gasteiger partial charge is 0.363 e. The van der Waals surface area contributed by atoms with Gasteiger partial charge in [0, 0.05) is 36.2 Å². The molecule has 0 spiro atoms. The summed E-state index contributed by atoms with van der Waals surface area (Å²) in [6, 6.07) is 18.8. The van der Waals surface area contributed by atoms with E-state index in [0.717, 1.165) is 19.4 Å². The van der Waals surface area contributed by atoms with Crippen molar-refractivity contribution in [3.63, 3.8) is 0 Å². The summed E-state index contributed by atoms with van der Waals surface area (Å²) >= 11 is 0. The van der Waals surface area contributed by atoms with Crippen molar-refractivity contribution in [3.05, 3.63) is 106 Å². The van der Waals surface area contributed by atoms with Gasteiger partial charge in [0.25, 0.3) is 5.69 Å². The van der Waals surface area contributed by atoms with Crippen molar-refractivity contribution in [2.24, 2.45) is 11.8 Å². The van der Waals surface area contributed by atoms with Crippen LogP contribution >= 0.6 is 0 Å². The molecule has 0 amide bonds. The van der Waals surface area contributed by atoms with Gasteiger partial charge in [-0.2, -0.15) is 0 Å². The monoisotopic (exact) mass is 420 g/mol. The van der Waals surface area contributed by atoms with Crippen molar-refractivity contribution in [3.8, 4) is 0 Å². The molecule has 4 nitrogen and oxygen atoms in total. The van der Waals surface area contributed by atoms with E-state index in [2.05, 4.69) is 59.5 Å². The molecule has 158 valence electrons. The summed E-state index contributed by atoms with van der Waals surface area (Å²) in [5.41, 5.74) is 5.75. The molecule has 0 N–H and O–H groups in total. The number of nitro groups is 1. The van der Waals surface area contributed by atoms with Gasteiger partial charge in [0.1, 0.15) is 0 Å². The van der Waals surface area contributed by atoms with Gasteiger partial charge in [0.2, 0.25) is 0 Å². The van der Waals surface area contributed by atoms with E-state index in [0.29, 0.717) is 23.7 Å². The lowest BCUT2D eigenvalue weighted by Crippen LogP contribution is -2.46. The van der Waals surface area contributed by atoms with Crippen LogP contribution in [-0.4, -0.2) is 11.5 Å². The fourth-order valence-electron chi connectivity index (χ4n) is 6.90. The second-order valence-corrected chi connectivity index (χ2v) is 9.70. The molecule has 2 heterocycles. The first-order chi connectivity index (χ1) is 15.7. The van der Waals surface area contributed by atoms with Crippen molar-refractivity contribution in [2.45, 2.75) is 30.7 Å². The van der Waals surface area contributed by atoms with Gasteiger partial charge >= 0.3 is 0 Å². The summed E-state index contributed by atoms with van der Waals surface area (Å²) in [5, 5.41) is 14.0. The number of non-ortho nitro benzene ring substituents is 1. The minimum atomic E-state index is -0.306. The Bertz CT molecular complexity index is 1320. The van der Waals surface area contributed by atoms with Gasteiger partial charge in [-0.1, -0.05) is 60.7 Å². The fourth-order valence-corrected chi connectivity index (χ4v) is 6.90. The molecule has 3 aromatic rings. The highest BCUT2D eigenvalue weighted by molar-refractivity contribution is 5.94. The average molecular weight is 421 g/mol. The molecule has 7 rings (SSSR count). The van der Waals surface area contributed by atoms with Crippen LogP contribution in [0, 0.1) is 22.0 Å². The Kier molecular flexibility index (Phi) is 3.73. The minimum Gasteiger partial charge on any atom is -0.363 e. The third kappa shape index (κ3) is 2.38. The molecule has 2 aliphatic carbocycles. The van der Waals surface area contributed by atoms with E-state index in [1.54, 1.807) is 12.1 Å². The number of rotatable bonds is 2. The number of fused-ring (bicyclic) bond motifs is 6. The molecule has 0 bridgehead atoms. The van der Waals surface area contributed by atoms with Gasteiger partial charge in [-0.3, -0.25) is 10.1 Å². The van der Waals surface area contributed by atoms with Crippen LogP contribution in [0.25, 0.3) is 10.8 Å². The number of hydrogen-bond donors (Lipinski definition) is 0. The Balaban J connectivity index is 1.49. The van der Waals surface area contributed by atoms with Crippen LogP contribution in [0.2, 0.25) is 0 Å². The number of hydrogen-bond acceptors (Lipinski definition) is 3. The standard InChI is InChI=1S/C28H24N2O2/c31-30(32)20-13-11-17(12-14-20)27-24-10-4-9-23(24)26-22-7-2-1-5-18(22)15-25-21-8-3-6-19(21)16-29(27)28(25)26/h1-5,7-9,11-15,19,21,23-24,27H,6,10,16H2/t19-,21+,23-,24+,27-/m0/s1. The molecule has 0 saturated carbocycles. The van der Waals surface area contributed by atoms with Gasteiger partial charge in [-0.25, -0.2) is 0 Å². The lowest BCUT2D eigenvalue weighted by atomic mass is 9.69. The van der Waals surface area contributed by atoms with E-state index in [1.165, 1.54) is 33.2 Å². The first-order valence-electron chi connectivity index (χ1n) is 11.6. The molecule has 0 radical (unpaired) electrons. The molecule has 5 atom stereocenters. The predicted octanol–water partition coefficient (Wildman–Crippen LogP) is 6.64. The number of benzene rings is 3. The van der Waals surface area contributed by atoms with E-state index in [-0.39, 0.29) is 16.7 Å². The summed E-state index contributed by atoms with van der Waals surface area (Å²) in [7, 11) is 0. The van der Waals surface area contributed by atoms with E-state index in [9.17, 15) is 10.1 Å². The number of anilines is 1. The molecule has 0 unspecified atom stereocenters. The predicted molar refractivity (Wildman–Crippen MR) is 127 cm³/mol. The number of nitro benzene ring substituents is 1. The maximum absolute atomic E-state index is 11.2. The fraction of sp³-hybridized carbons (Fsp3) is 0.286. The zero-order chi connectivity index (χ0) is 21.4. The van der Waals surface area contributed by atoms with E-state index >= 15 is 0 Å². The normalized spacial score (nSPS) is 29.1. The van der Waals surface area contributed by atoms with Crippen molar-refractivity contribution in [1.29, 1.82) is 0 Å². The van der Waals surface area contributed by atoms with E-state index in [1.807, 2.05) is 12.1 Å². The van der Waals surface area contributed by atoms with Crippen LogP contribution in [0.1, 0.15) is 47.4 Å². The van der Waals surface area contributed by atoms with Crippen LogP contribution in [0.4, 0.5) is 11.4 Å². The van der Waals surface area contributed by atoms with E-state index < -0.39 is 0 Å². The first kappa shape index (κ1) is 18.2. The summed E-state index contributed by atoms with van der Waals surface area (Å²) in [5.74, 6) is 1.92. The van der Waals surface area contributed by atoms with Crippen LogP contribution in [-0.2, 0) is 0 Å². The quantitative estimate of drug-likeness (QED) is 0.265. The SMILES string of the molecule is O=[N+]([O-])c1ccc([C@H]2[C@@H]3CC=C[C@@H]3c3c4c(cc5ccccc35)[C@@H]3C=CC[C@H]3CN42)cc1. The van der Waals surface area contributed by atoms with Gasteiger partial charge < -0.3 is 4.90 Å². The van der Waals surface area contributed by atoms with Gasteiger partial charge in [0.05, 0.1) is 11.0 Å². The van der Waals surface area contributed by atoms with Crippen molar-refractivity contribution in [2.75, 3.05) is 11.4 Å². The van der Waals surface area contributed by atoms with Crippen molar-refractivity contribution >= 4 is 22.1 Å². The van der Waals surface area contributed by atoms with Gasteiger partial charge in [0.15, 0.2) is 0 Å². The molecule has 0 saturated heterocycles. The molecule has 32 heavy (non-hydrogen) atoms. The zero-order valence-corrected chi connectivity index (χ0v) is 17.7. The van der Waals surface area contributed by atoms with Crippen LogP contribution < -0.4 is 4.90 Å². The number of nitrogens with zero attached hydrogens (tertiary/aromatic N) is 2. The van der Waals surface area contributed by atoms with Gasteiger partial charge in [-0.05, 0) is 58.2 Å². The smallest absolute Gasteiger partial charge is 0.269 e. The van der Waals surface area contributed by atoms with Crippen LogP contribution in [0.5, 0.6) is 0 Å². The van der Waals surface area contributed by atoms with Crippen molar-refractivity contribution in [1.82, 2.24) is 0 Å². The molecule has 0 aromatic heterocycles. The highest BCUT2D eigenvalue weighted by Gasteiger charge is 2.48. The van der Waals surface area contributed by atoms with E-state index in [4.69, 9.17) is 0 Å². The lowest BCUT2D eigenvalue weighted by Gasteiger charge is -2.51. The highest BCUT2D eigenvalue weighted by Crippen LogP contribution is 2.60. The first-order valence-corrected chi connectivity index (χ1v) is 11.6.